The summed E-state index contributed by atoms with van der Waals surface area (Å²) in [5.41, 5.74) is 0.897. The second-order valence-electron chi connectivity index (χ2n) is 4.22. The highest BCUT2D eigenvalue weighted by atomic mass is 19.4. The first-order valence-corrected chi connectivity index (χ1v) is 5.66. The molecule has 0 aliphatic carbocycles. The number of aromatic nitrogens is 1. The van der Waals surface area contributed by atoms with E-state index in [-0.39, 0.29) is 5.56 Å². The Morgan fingerprint density at radius 3 is 2.32 bits per heavy atom. The molecule has 0 spiro atoms. The Kier molecular flexibility index (Phi) is 3.57. The number of hydrogen-bond donors (Lipinski definition) is 1. The Balaban J connectivity index is 2.52. The topological polar surface area (TPSA) is 33.1 Å². The van der Waals surface area contributed by atoms with Crippen LogP contribution in [0.2, 0.25) is 0 Å². The Bertz CT molecular complexity index is 576. The highest BCUT2D eigenvalue weighted by molar-refractivity contribution is 5.64. The van der Waals surface area contributed by atoms with E-state index in [9.17, 15) is 13.2 Å². The monoisotopic (exact) mass is 267 g/mol. The maximum atomic E-state index is 12.9. The molecule has 1 aromatic heterocycles. The molecule has 2 nitrogen and oxygen atoms in total. The third-order valence-electron chi connectivity index (χ3n) is 2.83. The van der Waals surface area contributed by atoms with Gasteiger partial charge < -0.3 is 5.11 Å². The van der Waals surface area contributed by atoms with E-state index in [1.807, 2.05) is 0 Å². The predicted octanol–water partition coefficient (Wildman–Crippen LogP) is 3.57. The van der Waals surface area contributed by atoms with Gasteiger partial charge in [-0.25, -0.2) is 0 Å². The van der Waals surface area contributed by atoms with Gasteiger partial charge >= 0.3 is 6.18 Å². The third-order valence-corrected chi connectivity index (χ3v) is 2.83. The zero-order valence-electron chi connectivity index (χ0n) is 10.2. The van der Waals surface area contributed by atoms with Crippen LogP contribution < -0.4 is 0 Å². The van der Waals surface area contributed by atoms with Crippen molar-refractivity contribution >= 4 is 0 Å². The summed E-state index contributed by atoms with van der Waals surface area (Å²) in [4.78, 5) is 4.06. The van der Waals surface area contributed by atoms with Crippen LogP contribution in [0.1, 0.15) is 16.8 Å². The highest BCUT2D eigenvalue weighted by Crippen LogP contribution is 2.34. The predicted molar refractivity (Wildman–Crippen MR) is 65.3 cm³/mol. The normalized spacial score (nSPS) is 11.6. The molecule has 1 aromatic carbocycles. The number of aliphatic hydroxyl groups excluding tert-OH is 1. The molecule has 0 aliphatic rings. The van der Waals surface area contributed by atoms with Gasteiger partial charge in [-0.1, -0.05) is 18.2 Å². The fourth-order valence-electron chi connectivity index (χ4n) is 1.80. The molecular weight excluding hydrogens is 255 g/mol. The maximum Gasteiger partial charge on any atom is 0.416 e. The van der Waals surface area contributed by atoms with Crippen molar-refractivity contribution < 1.29 is 18.3 Å². The number of aliphatic hydroxyl groups is 1. The van der Waals surface area contributed by atoms with Crippen LogP contribution in [0.5, 0.6) is 0 Å². The molecule has 0 amide bonds. The van der Waals surface area contributed by atoms with Crippen LogP contribution in [-0.4, -0.2) is 10.1 Å². The molecule has 0 atom stereocenters. The average molecular weight is 267 g/mol. The summed E-state index contributed by atoms with van der Waals surface area (Å²) < 4.78 is 38.6. The van der Waals surface area contributed by atoms with Gasteiger partial charge in [0.15, 0.2) is 0 Å². The molecule has 0 bridgehead atoms. The summed E-state index contributed by atoms with van der Waals surface area (Å²) in [7, 11) is 0. The van der Waals surface area contributed by atoms with Gasteiger partial charge in [0.1, 0.15) is 0 Å². The Morgan fingerprint density at radius 1 is 1.11 bits per heavy atom. The van der Waals surface area contributed by atoms with Crippen LogP contribution in [0.25, 0.3) is 11.1 Å². The van der Waals surface area contributed by atoms with E-state index in [1.54, 1.807) is 25.1 Å². The van der Waals surface area contributed by atoms with Gasteiger partial charge in [-0.3, -0.25) is 4.98 Å². The van der Waals surface area contributed by atoms with Gasteiger partial charge in [0.05, 0.1) is 12.2 Å². The molecule has 2 aromatic rings. The standard InChI is InChI=1S/C14H12F3NO/c1-9-2-3-11(7-18-9)10-4-5-12(8-19)13(6-10)14(15,16)17/h2-7,19H,8H2,1H3. The first-order chi connectivity index (χ1) is 8.91. The van der Waals surface area contributed by atoms with Crippen LogP contribution in [0, 0.1) is 6.92 Å². The molecule has 0 aliphatic heterocycles. The fourth-order valence-corrected chi connectivity index (χ4v) is 1.80. The van der Waals surface area contributed by atoms with Crippen LogP contribution in [-0.2, 0) is 12.8 Å². The van der Waals surface area contributed by atoms with Crippen molar-refractivity contribution in [2.45, 2.75) is 19.7 Å². The Hall–Kier alpha value is -1.88. The summed E-state index contributed by atoms with van der Waals surface area (Å²) in [6.07, 6.45) is -2.95. The van der Waals surface area contributed by atoms with Crippen molar-refractivity contribution in [3.8, 4) is 11.1 Å². The van der Waals surface area contributed by atoms with Crippen LogP contribution >= 0.6 is 0 Å². The number of halogens is 3. The zero-order chi connectivity index (χ0) is 14.0. The number of nitrogens with zero attached hydrogens (tertiary/aromatic N) is 1. The first kappa shape index (κ1) is 13.5. The molecule has 0 unspecified atom stereocenters. The SMILES string of the molecule is Cc1ccc(-c2ccc(CO)c(C(F)(F)F)c2)cn1. The van der Waals surface area contributed by atoms with E-state index >= 15 is 0 Å². The number of hydrogen-bond acceptors (Lipinski definition) is 2. The third kappa shape index (κ3) is 2.93. The number of alkyl halides is 3. The summed E-state index contributed by atoms with van der Waals surface area (Å²) in [6.45, 7) is 1.17. The van der Waals surface area contributed by atoms with Crippen molar-refractivity contribution in [2.24, 2.45) is 0 Å². The zero-order valence-corrected chi connectivity index (χ0v) is 10.2. The van der Waals surface area contributed by atoms with Gasteiger partial charge in [-0.2, -0.15) is 13.2 Å². The minimum absolute atomic E-state index is 0.128. The molecule has 1 N–H and O–H groups in total. The van der Waals surface area contributed by atoms with Gasteiger partial charge in [0.2, 0.25) is 0 Å². The van der Waals surface area contributed by atoms with Crippen LogP contribution in [0.15, 0.2) is 36.5 Å². The van der Waals surface area contributed by atoms with Crippen molar-refractivity contribution in [1.82, 2.24) is 4.98 Å². The highest BCUT2D eigenvalue weighted by Gasteiger charge is 2.33. The van der Waals surface area contributed by atoms with E-state index in [2.05, 4.69) is 4.98 Å². The van der Waals surface area contributed by atoms with E-state index in [4.69, 9.17) is 5.11 Å². The molecule has 0 radical (unpaired) electrons. The average Bonchev–Trinajstić information content (AvgIpc) is 2.38. The molecule has 0 fully saturated rings. The summed E-state index contributed by atoms with van der Waals surface area (Å²) in [6, 6.07) is 7.34. The quantitative estimate of drug-likeness (QED) is 0.902. The van der Waals surface area contributed by atoms with Gasteiger partial charge in [0, 0.05) is 17.5 Å². The van der Waals surface area contributed by atoms with Gasteiger partial charge in [0.25, 0.3) is 0 Å². The van der Waals surface area contributed by atoms with Gasteiger partial charge in [-0.15, -0.1) is 0 Å². The van der Waals surface area contributed by atoms with E-state index in [0.29, 0.717) is 11.1 Å². The molecule has 0 saturated carbocycles. The van der Waals surface area contributed by atoms with Crippen LogP contribution in [0.4, 0.5) is 13.2 Å². The number of pyridine rings is 1. The minimum atomic E-state index is -4.48. The lowest BCUT2D eigenvalue weighted by atomic mass is 10.00. The summed E-state index contributed by atoms with van der Waals surface area (Å²) in [5.74, 6) is 0. The number of rotatable bonds is 2. The second kappa shape index (κ2) is 5.01. The smallest absolute Gasteiger partial charge is 0.392 e. The molecule has 2 rings (SSSR count). The van der Waals surface area contributed by atoms with Crippen molar-refractivity contribution in [2.75, 3.05) is 0 Å². The Morgan fingerprint density at radius 2 is 1.79 bits per heavy atom. The lowest BCUT2D eigenvalue weighted by molar-refractivity contribution is -0.138. The molecule has 1 heterocycles. The largest absolute Gasteiger partial charge is 0.416 e. The van der Waals surface area contributed by atoms with Crippen LogP contribution in [0.3, 0.4) is 0 Å². The molecule has 100 valence electrons. The maximum absolute atomic E-state index is 12.9. The summed E-state index contributed by atoms with van der Waals surface area (Å²) in [5, 5.41) is 8.97. The minimum Gasteiger partial charge on any atom is -0.392 e. The summed E-state index contributed by atoms with van der Waals surface area (Å²) >= 11 is 0. The van der Waals surface area contributed by atoms with Crippen molar-refractivity contribution in [1.29, 1.82) is 0 Å². The van der Waals surface area contributed by atoms with Crippen molar-refractivity contribution in [3.05, 3.63) is 53.3 Å². The first-order valence-electron chi connectivity index (χ1n) is 5.66. The number of benzene rings is 1. The fraction of sp³-hybridized carbons (Fsp3) is 0.214. The molecule has 19 heavy (non-hydrogen) atoms. The molecule has 0 saturated heterocycles. The molecule has 5 heteroatoms. The van der Waals surface area contributed by atoms with E-state index in [0.717, 1.165) is 11.8 Å². The number of aryl methyl sites for hydroxylation is 1. The lowest BCUT2D eigenvalue weighted by Gasteiger charge is -2.13. The van der Waals surface area contributed by atoms with E-state index in [1.165, 1.54) is 12.3 Å². The molecular formula is C14H12F3NO. The lowest BCUT2D eigenvalue weighted by Crippen LogP contribution is -2.09. The van der Waals surface area contributed by atoms with E-state index < -0.39 is 18.3 Å². The van der Waals surface area contributed by atoms with Crippen molar-refractivity contribution in [3.63, 3.8) is 0 Å². The van der Waals surface area contributed by atoms with Gasteiger partial charge in [-0.05, 0) is 30.2 Å². The Labute approximate surface area is 108 Å². The second-order valence-corrected chi connectivity index (χ2v) is 4.22.